The van der Waals surface area contributed by atoms with Crippen LogP contribution in [0.1, 0.15) is 27.2 Å². The Balaban J connectivity index is 1.39. The highest BCUT2D eigenvalue weighted by Gasteiger charge is 2.25. The molecule has 0 bridgehead atoms. The van der Waals surface area contributed by atoms with Crippen molar-refractivity contribution in [2.24, 2.45) is 7.05 Å². The maximum Gasteiger partial charge on any atom is 0.254 e. The van der Waals surface area contributed by atoms with E-state index in [1.165, 1.54) is 11.1 Å². The molecule has 0 aliphatic carbocycles. The van der Waals surface area contributed by atoms with Crippen molar-refractivity contribution in [3.8, 4) is 11.3 Å². The number of rotatable bonds is 4. The van der Waals surface area contributed by atoms with E-state index in [9.17, 15) is 4.79 Å². The standard InChI is InChI=1S/C27H29N5O/c1-19-8-4-5-9-21(19)17-31-12-14-32(15-13-31)27(33)23-16-26(24-18-30(3)29-20(24)2)28-25-11-7-6-10-22(23)25/h4-11,16,18H,12-15,17H2,1-3H3. The molecule has 5 rings (SSSR count). The van der Waals surface area contributed by atoms with Gasteiger partial charge in [0.2, 0.25) is 0 Å². The molecule has 2 aromatic heterocycles. The number of fused-ring (bicyclic) bond motifs is 1. The quantitative estimate of drug-likeness (QED) is 0.478. The highest BCUT2D eigenvalue weighted by molar-refractivity contribution is 6.07. The van der Waals surface area contributed by atoms with Gasteiger partial charge in [0, 0.05) is 56.9 Å². The molecule has 168 valence electrons. The highest BCUT2D eigenvalue weighted by Crippen LogP contribution is 2.28. The SMILES string of the molecule is Cc1ccccc1CN1CCN(C(=O)c2cc(-c3cn(C)nc3C)nc3ccccc23)CC1. The first-order valence-electron chi connectivity index (χ1n) is 11.5. The van der Waals surface area contributed by atoms with E-state index in [4.69, 9.17) is 4.98 Å². The molecule has 6 heteroatoms. The molecule has 1 fully saturated rings. The molecule has 0 spiro atoms. The van der Waals surface area contributed by atoms with Crippen molar-refractivity contribution >= 4 is 16.8 Å². The zero-order valence-corrected chi connectivity index (χ0v) is 19.5. The fourth-order valence-electron chi connectivity index (χ4n) is 4.65. The molecular weight excluding hydrogens is 410 g/mol. The summed E-state index contributed by atoms with van der Waals surface area (Å²) < 4.78 is 1.79. The van der Waals surface area contributed by atoms with E-state index in [2.05, 4.69) is 41.2 Å². The van der Waals surface area contributed by atoms with Crippen LogP contribution in [-0.4, -0.2) is 56.7 Å². The van der Waals surface area contributed by atoms with Gasteiger partial charge in [0.15, 0.2) is 0 Å². The molecule has 3 heterocycles. The Bertz CT molecular complexity index is 1320. The third-order valence-electron chi connectivity index (χ3n) is 6.55. The number of amides is 1. The highest BCUT2D eigenvalue weighted by atomic mass is 16.2. The van der Waals surface area contributed by atoms with Crippen LogP contribution in [0.15, 0.2) is 60.8 Å². The van der Waals surface area contributed by atoms with Crippen LogP contribution in [-0.2, 0) is 13.6 Å². The molecule has 4 aromatic rings. The largest absolute Gasteiger partial charge is 0.336 e. The number of para-hydroxylation sites is 1. The Morgan fingerprint density at radius 3 is 2.42 bits per heavy atom. The molecule has 2 aromatic carbocycles. The summed E-state index contributed by atoms with van der Waals surface area (Å²) in [6, 6.07) is 18.4. The number of aromatic nitrogens is 3. The van der Waals surface area contributed by atoms with Gasteiger partial charge in [-0.05, 0) is 37.1 Å². The van der Waals surface area contributed by atoms with Crippen molar-refractivity contribution < 1.29 is 4.79 Å². The van der Waals surface area contributed by atoms with Crippen molar-refractivity contribution in [3.05, 3.63) is 83.2 Å². The third-order valence-corrected chi connectivity index (χ3v) is 6.55. The number of carbonyl (C=O) groups excluding carboxylic acids is 1. The molecule has 0 saturated carbocycles. The number of benzene rings is 2. The van der Waals surface area contributed by atoms with Gasteiger partial charge in [-0.25, -0.2) is 4.98 Å². The Kier molecular flexibility index (Phi) is 5.68. The van der Waals surface area contributed by atoms with Crippen molar-refractivity contribution in [2.75, 3.05) is 26.2 Å². The lowest BCUT2D eigenvalue weighted by Gasteiger charge is -2.35. The van der Waals surface area contributed by atoms with Gasteiger partial charge >= 0.3 is 0 Å². The van der Waals surface area contributed by atoms with Crippen molar-refractivity contribution in [1.29, 1.82) is 0 Å². The zero-order valence-electron chi connectivity index (χ0n) is 19.5. The molecule has 6 nitrogen and oxygen atoms in total. The number of aryl methyl sites for hydroxylation is 3. The first kappa shape index (κ1) is 21.3. The fraction of sp³-hybridized carbons (Fsp3) is 0.296. The lowest BCUT2D eigenvalue weighted by atomic mass is 10.0. The molecule has 0 unspecified atom stereocenters. The van der Waals surface area contributed by atoms with Gasteiger partial charge in [0.1, 0.15) is 0 Å². The van der Waals surface area contributed by atoms with E-state index in [-0.39, 0.29) is 5.91 Å². The number of pyridine rings is 1. The first-order valence-corrected chi connectivity index (χ1v) is 11.5. The summed E-state index contributed by atoms with van der Waals surface area (Å²) in [5.41, 5.74) is 6.88. The molecule has 1 aliphatic heterocycles. The lowest BCUT2D eigenvalue weighted by Crippen LogP contribution is -2.48. The Morgan fingerprint density at radius 1 is 0.970 bits per heavy atom. The Morgan fingerprint density at radius 2 is 1.70 bits per heavy atom. The van der Waals surface area contributed by atoms with Gasteiger partial charge in [0.05, 0.1) is 22.5 Å². The number of hydrogen-bond donors (Lipinski definition) is 0. The van der Waals surface area contributed by atoms with Gasteiger partial charge in [-0.3, -0.25) is 14.4 Å². The van der Waals surface area contributed by atoms with E-state index >= 15 is 0 Å². The average molecular weight is 440 g/mol. The third kappa shape index (κ3) is 4.26. The normalized spacial score (nSPS) is 14.7. The summed E-state index contributed by atoms with van der Waals surface area (Å²) in [6.07, 6.45) is 1.96. The first-order chi connectivity index (χ1) is 16.0. The minimum absolute atomic E-state index is 0.0759. The van der Waals surface area contributed by atoms with Crippen LogP contribution in [0.3, 0.4) is 0 Å². The maximum atomic E-state index is 13.7. The van der Waals surface area contributed by atoms with Gasteiger partial charge in [-0.1, -0.05) is 42.5 Å². The maximum absolute atomic E-state index is 13.7. The van der Waals surface area contributed by atoms with Crippen LogP contribution in [0.2, 0.25) is 0 Å². The molecular formula is C27H29N5O. The average Bonchev–Trinajstić information content (AvgIpc) is 3.17. The summed E-state index contributed by atoms with van der Waals surface area (Å²) in [5, 5.41) is 5.35. The van der Waals surface area contributed by atoms with Crippen LogP contribution in [0.5, 0.6) is 0 Å². The predicted molar refractivity (Wildman–Crippen MR) is 131 cm³/mol. The molecule has 0 N–H and O–H groups in total. The minimum Gasteiger partial charge on any atom is -0.336 e. The van der Waals surface area contributed by atoms with Gasteiger partial charge in [0.25, 0.3) is 5.91 Å². The van der Waals surface area contributed by atoms with E-state index < -0.39 is 0 Å². The van der Waals surface area contributed by atoms with E-state index in [1.54, 1.807) is 4.68 Å². The van der Waals surface area contributed by atoms with Crippen molar-refractivity contribution in [1.82, 2.24) is 24.6 Å². The molecule has 0 radical (unpaired) electrons. The van der Waals surface area contributed by atoms with E-state index in [0.29, 0.717) is 5.56 Å². The Hall–Kier alpha value is -3.51. The van der Waals surface area contributed by atoms with Crippen molar-refractivity contribution in [3.63, 3.8) is 0 Å². The number of piperazine rings is 1. The second kappa shape index (κ2) is 8.79. The number of hydrogen-bond acceptors (Lipinski definition) is 4. The summed E-state index contributed by atoms with van der Waals surface area (Å²) in [5.74, 6) is 0.0759. The molecule has 1 aliphatic rings. The predicted octanol–water partition coefficient (Wildman–Crippen LogP) is 4.21. The van der Waals surface area contributed by atoms with Gasteiger partial charge < -0.3 is 4.90 Å². The van der Waals surface area contributed by atoms with Gasteiger partial charge in [-0.2, -0.15) is 5.10 Å². The number of nitrogens with zero attached hydrogens (tertiary/aromatic N) is 5. The summed E-state index contributed by atoms with van der Waals surface area (Å²) in [4.78, 5) is 22.9. The second-order valence-corrected chi connectivity index (χ2v) is 8.87. The second-order valence-electron chi connectivity index (χ2n) is 8.87. The van der Waals surface area contributed by atoms with Crippen LogP contribution >= 0.6 is 0 Å². The van der Waals surface area contributed by atoms with Crippen LogP contribution in [0.4, 0.5) is 0 Å². The zero-order chi connectivity index (χ0) is 22.9. The molecule has 0 atom stereocenters. The smallest absolute Gasteiger partial charge is 0.254 e. The van der Waals surface area contributed by atoms with Gasteiger partial charge in [-0.15, -0.1) is 0 Å². The van der Waals surface area contributed by atoms with Crippen LogP contribution < -0.4 is 0 Å². The monoisotopic (exact) mass is 439 g/mol. The fourth-order valence-corrected chi connectivity index (χ4v) is 4.65. The van der Waals surface area contributed by atoms with Crippen molar-refractivity contribution in [2.45, 2.75) is 20.4 Å². The topological polar surface area (TPSA) is 54.3 Å². The number of carbonyl (C=O) groups is 1. The summed E-state index contributed by atoms with van der Waals surface area (Å²) in [6.45, 7) is 8.25. The van der Waals surface area contributed by atoms with E-state index in [0.717, 1.165) is 60.6 Å². The van der Waals surface area contributed by atoms with Crippen LogP contribution in [0.25, 0.3) is 22.2 Å². The molecule has 1 saturated heterocycles. The summed E-state index contributed by atoms with van der Waals surface area (Å²) >= 11 is 0. The molecule has 33 heavy (non-hydrogen) atoms. The minimum atomic E-state index is 0.0759. The van der Waals surface area contributed by atoms with Crippen LogP contribution in [0, 0.1) is 13.8 Å². The summed E-state index contributed by atoms with van der Waals surface area (Å²) in [7, 11) is 1.90. The molecule has 1 amide bonds. The Labute approximate surface area is 194 Å². The van der Waals surface area contributed by atoms with E-state index in [1.807, 2.05) is 55.4 Å². The lowest BCUT2D eigenvalue weighted by molar-refractivity contribution is 0.0630.